The first kappa shape index (κ1) is 34.4. The highest BCUT2D eigenvalue weighted by Gasteiger charge is 2.34. The number of amides is 2. The minimum Gasteiger partial charge on any atom is -0.457 e. The second kappa shape index (κ2) is 16.3. The molecule has 262 valence electrons. The Morgan fingerprint density at radius 3 is 2.25 bits per heavy atom. The quantitative estimate of drug-likeness (QED) is 0.114. The topological polar surface area (TPSA) is 113 Å². The van der Waals surface area contributed by atoms with Crippen LogP contribution in [-0.2, 0) is 22.6 Å². The number of rotatable bonds is 11. The SMILES string of the molecule is O=C(NCc1cccc(-c2ccc(C3OC(CN4CCC(O)C4)CC(c4ccc(CO)cc4)O3)cc2)c1)Nc1ccc(Oc2ccccc2)cc1. The summed E-state index contributed by atoms with van der Waals surface area (Å²) in [5, 5.41) is 25.4. The molecule has 2 fully saturated rings. The summed E-state index contributed by atoms with van der Waals surface area (Å²) in [4.78, 5) is 14.9. The first-order chi connectivity index (χ1) is 25.0. The number of urea groups is 1. The summed E-state index contributed by atoms with van der Waals surface area (Å²) in [6.07, 6.45) is 0.425. The number of carbonyl (C=O) groups excluding carboxylic acids is 1. The van der Waals surface area contributed by atoms with Crippen molar-refractivity contribution in [3.8, 4) is 22.6 Å². The molecule has 7 rings (SSSR count). The van der Waals surface area contributed by atoms with Crippen LogP contribution in [0.1, 0.15) is 47.5 Å². The highest BCUT2D eigenvalue weighted by Crippen LogP contribution is 2.39. The van der Waals surface area contributed by atoms with Gasteiger partial charge in [-0.2, -0.15) is 0 Å². The summed E-state index contributed by atoms with van der Waals surface area (Å²) in [5.41, 5.74) is 6.55. The van der Waals surface area contributed by atoms with Gasteiger partial charge in [-0.3, -0.25) is 4.90 Å². The van der Waals surface area contributed by atoms with Crippen molar-refractivity contribution in [2.24, 2.45) is 0 Å². The van der Waals surface area contributed by atoms with Crippen molar-refractivity contribution in [2.45, 2.75) is 50.6 Å². The minimum atomic E-state index is -0.547. The third-order valence-corrected chi connectivity index (χ3v) is 9.31. The van der Waals surface area contributed by atoms with Crippen molar-refractivity contribution >= 4 is 11.7 Å². The van der Waals surface area contributed by atoms with Crippen LogP contribution in [0.3, 0.4) is 0 Å². The number of benzene rings is 5. The Bertz CT molecular complexity index is 1870. The number of ether oxygens (including phenoxy) is 3. The standard InChI is InChI=1S/C42H43N3O6/c46-28-29-9-11-32(12-10-29)40-24-39(27-45-22-21-36(47)26-45)50-41(51-40)33-15-13-31(14-16-33)34-6-4-5-30(23-34)25-43-42(48)44-35-17-19-38(20-18-35)49-37-7-2-1-3-8-37/h1-20,23,36,39-41,46-47H,21-22,24-28H2,(H2,43,44,48). The number of hydrogen-bond acceptors (Lipinski definition) is 7. The molecular weight excluding hydrogens is 642 g/mol. The maximum absolute atomic E-state index is 12.7. The van der Waals surface area contributed by atoms with Gasteiger partial charge in [0.2, 0.25) is 0 Å². The lowest BCUT2D eigenvalue weighted by Crippen LogP contribution is -2.38. The Morgan fingerprint density at radius 2 is 1.53 bits per heavy atom. The fourth-order valence-corrected chi connectivity index (χ4v) is 6.58. The van der Waals surface area contributed by atoms with Gasteiger partial charge in [-0.25, -0.2) is 4.79 Å². The Kier molecular flexibility index (Phi) is 11.0. The molecular formula is C42H43N3O6. The van der Waals surface area contributed by atoms with E-state index in [-0.39, 0.29) is 30.9 Å². The number of likely N-dealkylation sites (tertiary alicyclic amines) is 1. The molecule has 0 aliphatic carbocycles. The van der Waals surface area contributed by atoms with E-state index < -0.39 is 6.29 Å². The van der Waals surface area contributed by atoms with Gasteiger partial charge in [0, 0.05) is 43.9 Å². The largest absolute Gasteiger partial charge is 0.457 e. The van der Waals surface area contributed by atoms with Crippen LogP contribution in [0.5, 0.6) is 11.5 Å². The van der Waals surface area contributed by atoms with Crippen LogP contribution in [0.2, 0.25) is 0 Å². The van der Waals surface area contributed by atoms with Crippen LogP contribution >= 0.6 is 0 Å². The van der Waals surface area contributed by atoms with Crippen molar-refractivity contribution in [1.29, 1.82) is 0 Å². The Balaban J connectivity index is 0.966. The van der Waals surface area contributed by atoms with Gasteiger partial charge >= 0.3 is 6.03 Å². The normalized spacial score (nSPS) is 20.5. The molecule has 0 aromatic heterocycles. The fraction of sp³-hybridized carbons (Fsp3) is 0.262. The zero-order valence-electron chi connectivity index (χ0n) is 28.4. The summed E-state index contributed by atoms with van der Waals surface area (Å²) >= 11 is 0. The van der Waals surface area contributed by atoms with Crippen molar-refractivity contribution in [3.63, 3.8) is 0 Å². The zero-order chi connectivity index (χ0) is 35.0. The van der Waals surface area contributed by atoms with Gasteiger partial charge in [0.15, 0.2) is 6.29 Å². The molecule has 2 saturated heterocycles. The number of nitrogens with zero attached hydrogens (tertiary/aromatic N) is 1. The number of β-amino-alcohol motifs (C(OH)–C–C–N with tert-alkyl or cyclic N) is 1. The van der Waals surface area contributed by atoms with E-state index in [0.717, 1.165) is 58.6 Å². The predicted molar refractivity (Wildman–Crippen MR) is 196 cm³/mol. The average molecular weight is 686 g/mol. The van der Waals surface area contributed by atoms with E-state index in [1.165, 1.54) is 0 Å². The van der Waals surface area contributed by atoms with Crippen molar-refractivity contribution in [3.05, 3.63) is 150 Å². The smallest absolute Gasteiger partial charge is 0.319 e. The van der Waals surface area contributed by atoms with Crippen LogP contribution in [0.25, 0.3) is 11.1 Å². The van der Waals surface area contributed by atoms with Gasteiger partial charge in [0.25, 0.3) is 0 Å². The number of aliphatic hydroxyl groups is 2. The van der Waals surface area contributed by atoms with Crippen LogP contribution in [0.4, 0.5) is 10.5 Å². The molecule has 2 aliphatic rings. The highest BCUT2D eigenvalue weighted by atomic mass is 16.7. The van der Waals surface area contributed by atoms with Crippen LogP contribution < -0.4 is 15.4 Å². The van der Waals surface area contributed by atoms with Gasteiger partial charge < -0.3 is 35.1 Å². The van der Waals surface area contributed by atoms with Gasteiger partial charge in [-0.15, -0.1) is 0 Å². The first-order valence-corrected chi connectivity index (χ1v) is 17.5. The average Bonchev–Trinajstić information content (AvgIpc) is 3.59. The van der Waals surface area contributed by atoms with E-state index in [9.17, 15) is 15.0 Å². The monoisotopic (exact) mass is 685 g/mol. The number of nitrogens with one attached hydrogen (secondary N) is 2. The van der Waals surface area contributed by atoms with Crippen molar-refractivity contribution in [1.82, 2.24) is 10.2 Å². The third kappa shape index (κ3) is 9.21. The Morgan fingerprint density at radius 1 is 0.784 bits per heavy atom. The third-order valence-electron chi connectivity index (χ3n) is 9.31. The van der Waals surface area contributed by atoms with Gasteiger partial charge in [-0.1, -0.05) is 84.9 Å². The summed E-state index contributed by atoms with van der Waals surface area (Å²) in [5.74, 6) is 1.44. The van der Waals surface area contributed by atoms with Crippen LogP contribution in [-0.4, -0.2) is 53.0 Å². The number of para-hydroxylation sites is 1. The molecule has 9 heteroatoms. The van der Waals surface area contributed by atoms with E-state index in [2.05, 4.69) is 39.8 Å². The molecule has 5 aromatic rings. The number of aliphatic hydroxyl groups excluding tert-OH is 2. The summed E-state index contributed by atoms with van der Waals surface area (Å²) in [7, 11) is 0. The molecule has 0 radical (unpaired) electrons. The molecule has 0 spiro atoms. The lowest BCUT2D eigenvalue weighted by molar-refractivity contribution is -0.252. The van der Waals surface area contributed by atoms with E-state index in [0.29, 0.717) is 30.9 Å². The first-order valence-electron chi connectivity index (χ1n) is 17.5. The Hall–Kier alpha value is -5.03. The van der Waals surface area contributed by atoms with Gasteiger partial charge in [-0.05, 0) is 76.7 Å². The summed E-state index contributed by atoms with van der Waals surface area (Å²) in [6, 6.07) is 40.7. The lowest BCUT2D eigenvalue weighted by atomic mass is 9.99. The van der Waals surface area contributed by atoms with E-state index in [1.807, 2.05) is 91.0 Å². The summed E-state index contributed by atoms with van der Waals surface area (Å²) < 4.78 is 18.9. The molecule has 2 amide bonds. The van der Waals surface area contributed by atoms with Gasteiger partial charge in [0.1, 0.15) is 11.5 Å². The second-order valence-electron chi connectivity index (χ2n) is 13.1. The van der Waals surface area contributed by atoms with Crippen LogP contribution in [0.15, 0.2) is 127 Å². The molecule has 51 heavy (non-hydrogen) atoms. The molecule has 5 aromatic carbocycles. The van der Waals surface area contributed by atoms with E-state index >= 15 is 0 Å². The molecule has 2 heterocycles. The summed E-state index contributed by atoms with van der Waals surface area (Å²) in [6.45, 7) is 2.62. The van der Waals surface area contributed by atoms with E-state index in [1.54, 1.807) is 12.1 Å². The molecule has 4 atom stereocenters. The molecule has 9 nitrogen and oxygen atoms in total. The molecule has 2 aliphatic heterocycles. The number of anilines is 1. The fourth-order valence-electron chi connectivity index (χ4n) is 6.58. The predicted octanol–water partition coefficient (Wildman–Crippen LogP) is 7.57. The molecule has 4 N–H and O–H groups in total. The maximum atomic E-state index is 12.7. The number of hydrogen-bond donors (Lipinski definition) is 4. The molecule has 4 unspecified atom stereocenters. The van der Waals surface area contributed by atoms with Crippen molar-refractivity contribution in [2.75, 3.05) is 25.0 Å². The maximum Gasteiger partial charge on any atom is 0.319 e. The van der Waals surface area contributed by atoms with E-state index in [4.69, 9.17) is 14.2 Å². The zero-order valence-corrected chi connectivity index (χ0v) is 28.4. The van der Waals surface area contributed by atoms with Gasteiger partial charge in [0.05, 0.1) is 24.9 Å². The lowest BCUT2D eigenvalue weighted by Gasteiger charge is -2.37. The highest BCUT2D eigenvalue weighted by molar-refractivity contribution is 5.89. The second-order valence-corrected chi connectivity index (χ2v) is 13.1. The Labute approximate surface area is 298 Å². The van der Waals surface area contributed by atoms with Crippen LogP contribution in [0, 0.1) is 0 Å². The molecule has 0 bridgehead atoms. The minimum absolute atomic E-state index is 0.000159. The number of carbonyl (C=O) groups is 1. The van der Waals surface area contributed by atoms with Crippen molar-refractivity contribution < 1.29 is 29.2 Å². The molecule has 0 saturated carbocycles.